The van der Waals surface area contributed by atoms with E-state index in [1.54, 1.807) is 19.2 Å². The molecule has 0 heterocycles. The molecular weight excluding hydrogens is 271 g/mol. The Labute approximate surface area is 116 Å². The smallest absolute Gasteiger partial charge is 0.406 e. The second-order valence-corrected chi connectivity index (χ2v) is 4.93. The van der Waals surface area contributed by atoms with E-state index in [1.807, 2.05) is 0 Å². The molecule has 0 bridgehead atoms. The lowest BCUT2D eigenvalue weighted by Gasteiger charge is -2.28. The fourth-order valence-electron chi connectivity index (χ4n) is 2.43. The van der Waals surface area contributed by atoms with Crippen molar-refractivity contribution in [2.45, 2.75) is 44.2 Å². The maximum Gasteiger partial charge on any atom is 0.573 e. The molecule has 1 saturated carbocycles. The van der Waals surface area contributed by atoms with Crippen molar-refractivity contribution in [3.05, 3.63) is 24.3 Å². The van der Waals surface area contributed by atoms with Crippen molar-refractivity contribution < 1.29 is 22.6 Å². The Bertz CT molecular complexity index is 411. The van der Waals surface area contributed by atoms with Gasteiger partial charge in [0, 0.05) is 18.8 Å². The van der Waals surface area contributed by atoms with Crippen molar-refractivity contribution in [2.24, 2.45) is 0 Å². The van der Waals surface area contributed by atoms with Gasteiger partial charge in [0.2, 0.25) is 0 Å². The lowest BCUT2D eigenvalue weighted by molar-refractivity contribution is -0.274. The molecule has 1 aromatic rings. The number of halogens is 3. The quantitative estimate of drug-likeness (QED) is 0.910. The van der Waals surface area contributed by atoms with E-state index in [0.29, 0.717) is 12.1 Å². The number of hydrogen-bond acceptors (Lipinski definition) is 3. The molecule has 0 saturated heterocycles. The topological polar surface area (TPSA) is 30.5 Å². The normalized spacial score (nSPS) is 23.4. The SMILES string of the molecule is COC1CCC(Nc2ccc(OC(F)(F)F)cc2)CC1. The molecule has 20 heavy (non-hydrogen) atoms. The van der Waals surface area contributed by atoms with Gasteiger partial charge in [-0.2, -0.15) is 0 Å². The first kappa shape index (κ1) is 15.0. The monoisotopic (exact) mass is 289 g/mol. The van der Waals surface area contributed by atoms with E-state index < -0.39 is 6.36 Å². The van der Waals surface area contributed by atoms with Crippen LogP contribution in [-0.2, 0) is 4.74 Å². The highest BCUT2D eigenvalue weighted by Crippen LogP contribution is 2.26. The van der Waals surface area contributed by atoms with Crippen LogP contribution in [0.2, 0.25) is 0 Å². The van der Waals surface area contributed by atoms with Gasteiger partial charge in [-0.15, -0.1) is 13.2 Å². The summed E-state index contributed by atoms with van der Waals surface area (Å²) in [6, 6.07) is 6.18. The Morgan fingerprint density at radius 2 is 1.65 bits per heavy atom. The first-order valence-corrected chi connectivity index (χ1v) is 6.61. The van der Waals surface area contributed by atoms with Crippen molar-refractivity contribution in [2.75, 3.05) is 12.4 Å². The van der Waals surface area contributed by atoms with Gasteiger partial charge in [0.1, 0.15) is 5.75 Å². The fraction of sp³-hybridized carbons (Fsp3) is 0.571. The molecule has 1 fully saturated rings. The zero-order chi connectivity index (χ0) is 14.6. The Kier molecular flexibility index (Phi) is 4.75. The van der Waals surface area contributed by atoms with Crippen molar-refractivity contribution >= 4 is 5.69 Å². The zero-order valence-electron chi connectivity index (χ0n) is 11.2. The lowest BCUT2D eigenvalue weighted by atomic mass is 9.93. The molecule has 6 heteroatoms. The summed E-state index contributed by atoms with van der Waals surface area (Å²) in [4.78, 5) is 0. The largest absolute Gasteiger partial charge is 0.573 e. The van der Waals surface area contributed by atoms with E-state index in [9.17, 15) is 13.2 Å². The van der Waals surface area contributed by atoms with Crippen LogP contribution in [0.4, 0.5) is 18.9 Å². The van der Waals surface area contributed by atoms with Gasteiger partial charge < -0.3 is 14.8 Å². The third-order valence-electron chi connectivity index (χ3n) is 3.47. The van der Waals surface area contributed by atoms with Gasteiger partial charge >= 0.3 is 6.36 Å². The van der Waals surface area contributed by atoms with E-state index in [0.717, 1.165) is 31.4 Å². The molecule has 1 N–H and O–H groups in total. The maximum absolute atomic E-state index is 12.0. The zero-order valence-corrected chi connectivity index (χ0v) is 11.2. The maximum atomic E-state index is 12.0. The number of hydrogen-bond donors (Lipinski definition) is 1. The number of nitrogens with one attached hydrogen (secondary N) is 1. The number of ether oxygens (including phenoxy) is 2. The van der Waals surface area contributed by atoms with Crippen LogP contribution in [0.3, 0.4) is 0 Å². The Morgan fingerprint density at radius 3 is 2.15 bits per heavy atom. The van der Waals surface area contributed by atoms with Gasteiger partial charge in [-0.25, -0.2) is 0 Å². The summed E-state index contributed by atoms with van der Waals surface area (Å²) < 4.78 is 45.2. The minimum Gasteiger partial charge on any atom is -0.406 e. The third kappa shape index (κ3) is 4.59. The second kappa shape index (κ2) is 6.35. The third-order valence-corrected chi connectivity index (χ3v) is 3.47. The number of methoxy groups -OCH3 is 1. The molecule has 0 amide bonds. The van der Waals surface area contributed by atoms with E-state index in [1.165, 1.54) is 12.1 Å². The average molecular weight is 289 g/mol. The highest BCUT2D eigenvalue weighted by molar-refractivity contribution is 5.47. The van der Waals surface area contributed by atoms with Crippen LogP contribution in [0.1, 0.15) is 25.7 Å². The van der Waals surface area contributed by atoms with Crippen LogP contribution in [0, 0.1) is 0 Å². The predicted molar refractivity (Wildman–Crippen MR) is 69.8 cm³/mol. The number of rotatable bonds is 4. The standard InChI is InChI=1S/C14H18F3NO2/c1-19-12-6-2-10(3-7-12)18-11-4-8-13(9-5-11)20-14(15,16)17/h4-5,8-10,12,18H,2-3,6-7H2,1H3. The molecular formula is C14H18F3NO2. The van der Waals surface area contributed by atoms with E-state index in [-0.39, 0.29) is 5.75 Å². The van der Waals surface area contributed by atoms with Crippen LogP contribution in [0.25, 0.3) is 0 Å². The van der Waals surface area contributed by atoms with Gasteiger partial charge in [0.25, 0.3) is 0 Å². The van der Waals surface area contributed by atoms with Crippen LogP contribution < -0.4 is 10.1 Å². The van der Waals surface area contributed by atoms with Crippen LogP contribution >= 0.6 is 0 Å². The summed E-state index contributed by atoms with van der Waals surface area (Å²) in [6.45, 7) is 0. The molecule has 0 aromatic heterocycles. The van der Waals surface area contributed by atoms with Crippen LogP contribution in [-0.4, -0.2) is 25.6 Å². The summed E-state index contributed by atoms with van der Waals surface area (Å²) in [5.74, 6) is -0.203. The molecule has 0 aliphatic heterocycles. The molecule has 0 spiro atoms. The van der Waals surface area contributed by atoms with Gasteiger partial charge in [-0.05, 0) is 49.9 Å². The lowest BCUT2D eigenvalue weighted by Crippen LogP contribution is -2.29. The van der Waals surface area contributed by atoms with E-state index in [4.69, 9.17) is 4.74 Å². The van der Waals surface area contributed by atoms with Crippen molar-refractivity contribution in [3.8, 4) is 5.75 Å². The molecule has 0 atom stereocenters. The van der Waals surface area contributed by atoms with Gasteiger partial charge in [-0.3, -0.25) is 0 Å². The van der Waals surface area contributed by atoms with Crippen LogP contribution in [0.15, 0.2) is 24.3 Å². The highest BCUT2D eigenvalue weighted by atomic mass is 19.4. The summed E-state index contributed by atoms with van der Waals surface area (Å²) in [5.41, 5.74) is 0.806. The molecule has 1 aliphatic rings. The molecule has 0 unspecified atom stereocenters. The second-order valence-electron chi connectivity index (χ2n) is 4.93. The average Bonchev–Trinajstić information content (AvgIpc) is 2.40. The van der Waals surface area contributed by atoms with Crippen molar-refractivity contribution in [3.63, 3.8) is 0 Å². The molecule has 1 aliphatic carbocycles. The number of alkyl halides is 3. The first-order valence-electron chi connectivity index (χ1n) is 6.61. The molecule has 3 nitrogen and oxygen atoms in total. The molecule has 0 radical (unpaired) electrons. The van der Waals surface area contributed by atoms with Gasteiger partial charge in [0.15, 0.2) is 0 Å². The van der Waals surface area contributed by atoms with Crippen LogP contribution in [0.5, 0.6) is 5.75 Å². The van der Waals surface area contributed by atoms with Crippen molar-refractivity contribution in [1.82, 2.24) is 0 Å². The fourth-order valence-corrected chi connectivity index (χ4v) is 2.43. The number of benzene rings is 1. The Hall–Kier alpha value is -1.43. The first-order chi connectivity index (χ1) is 9.46. The van der Waals surface area contributed by atoms with E-state index in [2.05, 4.69) is 10.1 Å². The summed E-state index contributed by atoms with van der Waals surface area (Å²) in [7, 11) is 1.72. The predicted octanol–water partition coefficient (Wildman–Crippen LogP) is 3.95. The summed E-state index contributed by atoms with van der Waals surface area (Å²) in [6.07, 6.45) is -0.311. The van der Waals surface area contributed by atoms with Gasteiger partial charge in [0.05, 0.1) is 6.10 Å². The summed E-state index contributed by atoms with van der Waals surface area (Å²) in [5, 5.41) is 3.32. The number of anilines is 1. The van der Waals surface area contributed by atoms with Gasteiger partial charge in [-0.1, -0.05) is 0 Å². The minimum atomic E-state index is -4.65. The van der Waals surface area contributed by atoms with Crippen molar-refractivity contribution in [1.29, 1.82) is 0 Å². The Morgan fingerprint density at radius 1 is 1.05 bits per heavy atom. The minimum absolute atomic E-state index is 0.203. The molecule has 2 rings (SSSR count). The molecule has 1 aromatic carbocycles. The summed E-state index contributed by atoms with van der Waals surface area (Å²) >= 11 is 0. The highest BCUT2D eigenvalue weighted by Gasteiger charge is 2.31. The Balaban J connectivity index is 1.85. The van der Waals surface area contributed by atoms with E-state index >= 15 is 0 Å². The molecule has 112 valence electrons.